The summed E-state index contributed by atoms with van der Waals surface area (Å²) in [7, 11) is 1.68. The van der Waals surface area contributed by atoms with Crippen LogP contribution in [0.1, 0.15) is 29.6 Å². The molecule has 0 atom stereocenters. The van der Waals surface area contributed by atoms with Crippen LogP contribution in [0, 0.1) is 11.7 Å². The number of ketones is 1. The molecule has 1 aromatic rings. The van der Waals surface area contributed by atoms with E-state index >= 15 is 0 Å². The second-order valence-corrected chi connectivity index (χ2v) is 4.71. The zero-order chi connectivity index (χ0) is 13.0. The van der Waals surface area contributed by atoms with Crippen molar-refractivity contribution in [1.29, 1.82) is 0 Å². The number of halogens is 1. The second kappa shape index (κ2) is 5.96. The number of carbonyl (C=O) groups is 1. The molecule has 0 amide bonds. The Morgan fingerprint density at radius 1 is 1.50 bits per heavy atom. The molecule has 2 rings (SSSR count). The van der Waals surface area contributed by atoms with Crippen molar-refractivity contribution >= 4 is 5.78 Å². The maximum absolute atomic E-state index is 13.7. The van der Waals surface area contributed by atoms with Crippen LogP contribution in [0.2, 0.25) is 0 Å². The van der Waals surface area contributed by atoms with Crippen LogP contribution in [-0.2, 0) is 0 Å². The molecule has 1 fully saturated rings. The van der Waals surface area contributed by atoms with Crippen LogP contribution >= 0.6 is 0 Å². The number of ether oxygens (including phenoxy) is 1. The summed E-state index contributed by atoms with van der Waals surface area (Å²) in [5, 5.41) is 2.75. The highest BCUT2D eigenvalue weighted by Crippen LogP contribution is 2.28. The first-order valence-corrected chi connectivity index (χ1v) is 6.31. The lowest BCUT2D eigenvalue weighted by Gasteiger charge is -2.25. The Morgan fingerprint density at radius 2 is 2.28 bits per heavy atom. The van der Waals surface area contributed by atoms with Gasteiger partial charge in [0.15, 0.2) is 17.3 Å². The van der Waals surface area contributed by atoms with Crippen LogP contribution in [0.15, 0.2) is 18.2 Å². The van der Waals surface area contributed by atoms with Gasteiger partial charge in [0.2, 0.25) is 0 Å². The van der Waals surface area contributed by atoms with E-state index in [9.17, 15) is 9.18 Å². The van der Waals surface area contributed by atoms with Crippen LogP contribution in [0.3, 0.4) is 0 Å². The number of carbonyl (C=O) groups excluding carboxylic acids is 1. The van der Waals surface area contributed by atoms with Gasteiger partial charge in [-0.05, 0) is 44.0 Å². The highest BCUT2D eigenvalue weighted by atomic mass is 19.1. The molecule has 1 aliphatic rings. The van der Waals surface area contributed by atoms with Gasteiger partial charge in [-0.15, -0.1) is 0 Å². The van der Waals surface area contributed by atoms with E-state index in [1.165, 1.54) is 31.4 Å². The van der Waals surface area contributed by atoms with E-state index in [2.05, 4.69) is 5.32 Å². The third-order valence-electron chi connectivity index (χ3n) is 3.29. The predicted molar refractivity (Wildman–Crippen MR) is 67.5 cm³/mol. The minimum atomic E-state index is -0.462. The Morgan fingerprint density at radius 3 is 2.83 bits per heavy atom. The summed E-state index contributed by atoms with van der Waals surface area (Å²) < 4.78 is 19.2. The molecule has 1 N–H and O–H groups in total. The number of nitrogens with one attached hydrogen (secondary N) is 1. The third kappa shape index (κ3) is 3.07. The molecule has 0 aliphatic heterocycles. The third-order valence-corrected chi connectivity index (χ3v) is 3.29. The molecule has 0 saturated heterocycles. The quantitative estimate of drug-likeness (QED) is 0.789. The smallest absolute Gasteiger partial charge is 0.176 e. The van der Waals surface area contributed by atoms with Gasteiger partial charge in [0, 0.05) is 5.56 Å². The Labute approximate surface area is 106 Å². The van der Waals surface area contributed by atoms with E-state index in [-0.39, 0.29) is 18.1 Å². The molecular formula is C14H18FNO2. The molecule has 0 unspecified atom stereocenters. The first-order chi connectivity index (χ1) is 8.70. The summed E-state index contributed by atoms with van der Waals surface area (Å²) >= 11 is 0. The lowest BCUT2D eigenvalue weighted by molar-refractivity contribution is 0.0993. The van der Waals surface area contributed by atoms with E-state index < -0.39 is 5.82 Å². The van der Waals surface area contributed by atoms with Crippen molar-refractivity contribution in [3.8, 4) is 5.75 Å². The average molecular weight is 251 g/mol. The number of likely N-dealkylation sites (N-methyl/N-ethyl adjacent to an activating group) is 1. The van der Waals surface area contributed by atoms with Gasteiger partial charge < -0.3 is 10.1 Å². The summed E-state index contributed by atoms with van der Waals surface area (Å²) in [4.78, 5) is 11.6. The van der Waals surface area contributed by atoms with Crippen molar-refractivity contribution in [2.75, 3.05) is 20.2 Å². The molecule has 98 valence electrons. The zero-order valence-corrected chi connectivity index (χ0v) is 10.5. The van der Waals surface area contributed by atoms with Gasteiger partial charge in [-0.1, -0.05) is 6.42 Å². The van der Waals surface area contributed by atoms with Gasteiger partial charge in [-0.3, -0.25) is 4.79 Å². The summed E-state index contributed by atoms with van der Waals surface area (Å²) in [6.07, 6.45) is 3.58. The molecule has 0 heterocycles. The molecule has 1 saturated carbocycles. The Hall–Kier alpha value is -1.42. The number of hydrogen-bond donors (Lipinski definition) is 1. The fourth-order valence-electron chi connectivity index (χ4n) is 1.92. The lowest BCUT2D eigenvalue weighted by Crippen LogP contribution is -2.20. The summed E-state index contributed by atoms with van der Waals surface area (Å²) in [5.41, 5.74) is 0.373. The minimum absolute atomic E-state index is 0.123. The van der Waals surface area contributed by atoms with Crippen LogP contribution in [0.5, 0.6) is 5.75 Å². The Bertz CT molecular complexity index is 430. The molecule has 1 aromatic carbocycles. The van der Waals surface area contributed by atoms with Crippen molar-refractivity contribution in [2.45, 2.75) is 19.3 Å². The topological polar surface area (TPSA) is 38.3 Å². The number of rotatable bonds is 6. The minimum Gasteiger partial charge on any atom is -0.490 e. The van der Waals surface area contributed by atoms with E-state index in [0.717, 1.165) is 0 Å². The maximum Gasteiger partial charge on any atom is 0.176 e. The monoisotopic (exact) mass is 251 g/mol. The fraction of sp³-hybridized carbons (Fsp3) is 0.500. The van der Waals surface area contributed by atoms with E-state index in [0.29, 0.717) is 18.1 Å². The van der Waals surface area contributed by atoms with Crippen LogP contribution in [0.25, 0.3) is 0 Å². The van der Waals surface area contributed by atoms with E-state index in [4.69, 9.17) is 4.74 Å². The molecule has 18 heavy (non-hydrogen) atoms. The summed E-state index contributed by atoms with van der Waals surface area (Å²) in [6.45, 7) is 0.780. The number of benzene rings is 1. The number of hydrogen-bond acceptors (Lipinski definition) is 3. The average Bonchev–Trinajstić information content (AvgIpc) is 2.29. The van der Waals surface area contributed by atoms with Crippen molar-refractivity contribution < 1.29 is 13.9 Å². The van der Waals surface area contributed by atoms with Crippen molar-refractivity contribution in [3.63, 3.8) is 0 Å². The molecule has 0 spiro atoms. The van der Waals surface area contributed by atoms with Crippen LogP contribution < -0.4 is 10.1 Å². The van der Waals surface area contributed by atoms with Crippen molar-refractivity contribution in [3.05, 3.63) is 29.6 Å². The molecule has 1 aliphatic carbocycles. The molecule has 3 nitrogen and oxygen atoms in total. The summed E-state index contributed by atoms with van der Waals surface area (Å²) in [5.74, 6) is 0.219. The number of Topliss-reactive ketones (excluding diaryl/α,β-unsaturated/α-hetero) is 1. The van der Waals surface area contributed by atoms with Crippen molar-refractivity contribution in [1.82, 2.24) is 5.32 Å². The largest absolute Gasteiger partial charge is 0.490 e. The molecule has 0 radical (unpaired) electrons. The standard InChI is InChI=1S/C14H18FNO2/c1-16-8-13(17)11-5-6-14(12(15)7-11)18-9-10-3-2-4-10/h5-7,10,16H,2-4,8-9H2,1H3. The van der Waals surface area contributed by atoms with E-state index in [1.807, 2.05) is 0 Å². The molecule has 0 bridgehead atoms. The first-order valence-electron chi connectivity index (χ1n) is 6.31. The first kappa shape index (κ1) is 13.0. The zero-order valence-electron chi connectivity index (χ0n) is 10.5. The van der Waals surface area contributed by atoms with Gasteiger partial charge in [-0.25, -0.2) is 4.39 Å². The summed E-state index contributed by atoms with van der Waals surface area (Å²) in [6, 6.07) is 4.39. The Balaban J connectivity index is 1.97. The van der Waals surface area contributed by atoms with E-state index in [1.54, 1.807) is 13.1 Å². The highest BCUT2D eigenvalue weighted by Gasteiger charge is 2.19. The van der Waals surface area contributed by atoms with Gasteiger partial charge in [0.25, 0.3) is 0 Å². The maximum atomic E-state index is 13.7. The molecule has 4 heteroatoms. The van der Waals surface area contributed by atoms with Gasteiger partial charge in [0.1, 0.15) is 0 Å². The van der Waals surface area contributed by atoms with Crippen LogP contribution in [-0.4, -0.2) is 26.0 Å². The fourth-order valence-corrected chi connectivity index (χ4v) is 1.92. The Kier molecular flexibility index (Phi) is 4.31. The molecule has 0 aromatic heterocycles. The predicted octanol–water partition coefficient (Wildman–Crippen LogP) is 2.41. The second-order valence-electron chi connectivity index (χ2n) is 4.71. The molecular weight excluding hydrogens is 233 g/mol. The van der Waals surface area contributed by atoms with Crippen LogP contribution in [0.4, 0.5) is 4.39 Å². The van der Waals surface area contributed by atoms with Crippen molar-refractivity contribution in [2.24, 2.45) is 5.92 Å². The van der Waals surface area contributed by atoms with Gasteiger partial charge in [0.05, 0.1) is 13.2 Å². The normalized spacial score (nSPS) is 15.2. The highest BCUT2D eigenvalue weighted by molar-refractivity contribution is 5.97. The van der Waals surface area contributed by atoms with Gasteiger partial charge >= 0.3 is 0 Å². The van der Waals surface area contributed by atoms with Gasteiger partial charge in [-0.2, -0.15) is 0 Å². The SMILES string of the molecule is CNCC(=O)c1ccc(OCC2CCC2)c(F)c1. The lowest BCUT2D eigenvalue weighted by atomic mass is 9.86.